The van der Waals surface area contributed by atoms with Crippen molar-refractivity contribution < 1.29 is 14.6 Å². The van der Waals surface area contributed by atoms with Gasteiger partial charge < -0.3 is 9.84 Å². The molecular formula is C29H37NO3S. The molecule has 0 amide bonds. The summed E-state index contributed by atoms with van der Waals surface area (Å²) in [7, 11) is 0. The number of rotatable bonds is 15. The second kappa shape index (κ2) is 15.2. The molecule has 1 atom stereocenters. The summed E-state index contributed by atoms with van der Waals surface area (Å²) in [5, 5.41) is 8.99. The predicted octanol–water partition coefficient (Wildman–Crippen LogP) is 6.63. The molecule has 0 spiro atoms. The lowest BCUT2D eigenvalue weighted by Gasteiger charge is -2.26. The molecule has 5 heteroatoms. The van der Waals surface area contributed by atoms with Crippen molar-refractivity contribution in [2.24, 2.45) is 5.92 Å². The van der Waals surface area contributed by atoms with E-state index in [4.69, 9.17) is 9.84 Å². The number of hydrogen-bond donors (Lipinski definition) is 1. The summed E-state index contributed by atoms with van der Waals surface area (Å²) in [5.41, 5.74) is 3.16. The molecule has 2 aromatic carbocycles. The van der Waals surface area contributed by atoms with Gasteiger partial charge in [-0.15, -0.1) is 11.8 Å². The Bertz CT molecular complexity index is 966. The van der Waals surface area contributed by atoms with E-state index in [2.05, 4.69) is 55.0 Å². The summed E-state index contributed by atoms with van der Waals surface area (Å²) in [6.45, 7) is 11.7. The van der Waals surface area contributed by atoms with Crippen molar-refractivity contribution in [3.05, 3.63) is 96.1 Å². The normalized spacial score (nSPS) is 12.5. The van der Waals surface area contributed by atoms with Crippen LogP contribution in [-0.2, 0) is 17.8 Å². The quantitative estimate of drug-likeness (QED) is 0.176. The second-order valence-electron chi connectivity index (χ2n) is 8.36. The van der Waals surface area contributed by atoms with E-state index in [0.717, 1.165) is 37.2 Å². The number of carboxylic acid groups (broad SMARTS) is 1. The van der Waals surface area contributed by atoms with Crippen molar-refractivity contribution in [2.45, 2.75) is 38.1 Å². The molecule has 4 nitrogen and oxygen atoms in total. The summed E-state index contributed by atoms with van der Waals surface area (Å²) in [5.74, 6) is 0.212. The van der Waals surface area contributed by atoms with E-state index in [1.807, 2.05) is 49.4 Å². The van der Waals surface area contributed by atoms with Gasteiger partial charge in [0.2, 0.25) is 0 Å². The average Bonchev–Trinajstić information content (AvgIpc) is 2.82. The van der Waals surface area contributed by atoms with Gasteiger partial charge in [-0.2, -0.15) is 0 Å². The number of benzene rings is 2. The predicted molar refractivity (Wildman–Crippen MR) is 144 cm³/mol. The smallest absolute Gasteiger partial charge is 0.307 e. The van der Waals surface area contributed by atoms with Gasteiger partial charge in [0, 0.05) is 24.5 Å². The van der Waals surface area contributed by atoms with Gasteiger partial charge in [0.05, 0.1) is 13.0 Å². The third kappa shape index (κ3) is 10.4. The van der Waals surface area contributed by atoms with Crippen LogP contribution in [0.2, 0.25) is 0 Å². The third-order valence-corrected chi connectivity index (χ3v) is 6.23. The standard InChI is InChI=1S/C29H37NO3S/c1-5-6-7-10-23(2)24(3)21-30(22-25-13-15-28(34-4)16-14-25)17-9-18-33-27-12-8-11-26(19-27)20-29(31)32/h5-8,10-16,19,24H,2,9,17-18,20-22H2,1,3-4H3,(H,31,32)/b6-5-,10-7-/t24-/m0/s1. The summed E-state index contributed by atoms with van der Waals surface area (Å²) in [6.07, 6.45) is 11.1. The highest BCUT2D eigenvalue weighted by molar-refractivity contribution is 7.98. The van der Waals surface area contributed by atoms with Gasteiger partial charge in [-0.3, -0.25) is 9.69 Å². The summed E-state index contributed by atoms with van der Waals surface area (Å²) < 4.78 is 5.92. The second-order valence-corrected chi connectivity index (χ2v) is 9.24. The molecule has 0 bridgehead atoms. The lowest BCUT2D eigenvalue weighted by atomic mass is 10.0. The van der Waals surface area contributed by atoms with Crippen molar-refractivity contribution in [1.29, 1.82) is 0 Å². The number of thioether (sulfide) groups is 1. The van der Waals surface area contributed by atoms with Gasteiger partial charge in [0.1, 0.15) is 5.75 Å². The van der Waals surface area contributed by atoms with E-state index in [1.165, 1.54) is 10.5 Å². The molecule has 0 radical (unpaired) electrons. The zero-order valence-electron chi connectivity index (χ0n) is 20.6. The minimum absolute atomic E-state index is 0.00454. The Morgan fingerprint density at radius 2 is 1.94 bits per heavy atom. The fourth-order valence-electron chi connectivity index (χ4n) is 3.58. The average molecular weight is 480 g/mol. The molecule has 0 aromatic heterocycles. The highest BCUT2D eigenvalue weighted by Gasteiger charge is 2.13. The molecule has 0 aliphatic rings. The van der Waals surface area contributed by atoms with E-state index in [9.17, 15) is 4.79 Å². The molecule has 2 aromatic rings. The lowest BCUT2D eigenvalue weighted by molar-refractivity contribution is -0.136. The van der Waals surface area contributed by atoms with Crippen LogP contribution in [0.4, 0.5) is 0 Å². The van der Waals surface area contributed by atoms with Crippen LogP contribution >= 0.6 is 11.8 Å². The van der Waals surface area contributed by atoms with Crippen molar-refractivity contribution in [3.8, 4) is 5.75 Å². The first-order chi connectivity index (χ1) is 16.4. The zero-order chi connectivity index (χ0) is 24.8. The van der Waals surface area contributed by atoms with Crippen molar-refractivity contribution in [3.63, 3.8) is 0 Å². The molecule has 0 fully saturated rings. The van der Waals surface area contributed by atoms with E-state index >= 15 is 0 Å². The summed E-state index contributed by atoms with van der Waals surface area (Å²) >= 11 is 1.75. The lowest BCUT2D eigenvalue weighted by Crippen LogP contribution is -2.30. The van der Waals surface area contributed by atoms with Crippen LogP contribution in [0, 0.1) is 5.92 Å². The van der Waals surface area contributed by atoms with E-state index in [0.29, 0.717) is 18.3 Å². The summed E-state index contributed by atoms with van der Waals surface area (Å²) in [4.78, 5) is 14.7. The third-order valence-electron chi connectivity index (χ3n) is 5.49. The molecule has 0 saturated heterocycles. The first-order valence-corrected chi connectivity index (χ1v) is 12.9. The molecule has 0 unspecified atom stereocenters. The maximum atomic E-state index is 10.9. The minimum Gasteiger partial charge on any atom is -0.494 e. The number of nitrogens with zero attached hydrogens (tertiary/aromatic N) is 1. The highest BCUT2D eigenvalue weighted by Crippen LogP contribution is 2.19. The van der Waals surface area contributed by atoms with Crippen LogP contribution in [0.1, 0.15) is 31.4 Å². The van der Waals surface area contributed by atoms with Gasteiger partial charge in [0.15, 0.2) is 0 Å². The Balaban J connectivity index is 1.96. The number of carboxylic acids is 1. The Morgan fingerprint density at radius 3 is 2.62 bits per heavy atom. The number of allylic oxidation sites excluding steroid dienone is 4. The monoisotopic (exact) mass is 479 g/mol. The number of carbonyl (C=O) groups is 1. The molecule has 0 aliphatic carbocycles. The fraction of sp³-hybridized carbons (Fsp3) is 0.345. The van der Waals surface area contributed by atoms with Crippen molar-refractivity contribution in [2.75, 3.05) is 26.0 Å². The van der Waals surface area contributed by atoms with Gasteiger partial charge in [-0.05, 0) is 60.9 Å². The van der Waals surface area contributed by atoms with Gasteiger partial charge in [0.25, 0.3) is 0 Å². The van der Waals surface area contributed by atoms with Crippen molar-refractivity contribution in [1.82, 2.24) is 4.90 Å². The molecule has 34 heavy (non-hydrogen) atoms. The number of aliphatic carboxylic acids is 1. The molecule has 0 aliphatic heterocycles. The van der Waals surface area contributed by atoms with Crippen LogP contribution < -0.4 is 4.74 Å². The zero-order valence-corrected chi connectivity index (χ0v) is 21.4. The minimum atomic E-state index is -0.838. The van der Waals surface area contributed by atoms with E-state index in [-0.39, 0.29) is 6.42 Å². The number of hydrogen-bond acceptors (Lipinski definition) is 4. The molecule has 0 saturated carbocycles. The molecule has 182 valence electrons. The van der Waals surface area contributed by atoms with Gasteiger partial charge in [-0.25, -0.2) is 0 Å². The van der Waals surface area contributed by atoms with Crippen LogP contribution in [0.15, 0.2) is 89.9 Å². The van der Waals surface area contributed by atoms with Gasteiger partial charge >= 0.3 is 5.97 Å². The Labute approximate surface area is 209 Å². The molecular weight excluding hydrogens is 442 g/mol. The summed E-state index contributed by atoms with van der Waals surface area (Å²) in [6, 6.07) is 16.1. The van der Waals surface area contributed by atoms with Crippen LogP contribution in [0.5, 0.6) is 5.75 Å². The SMILES string of the molecule is C=C(/C=C\C=C/C)[C@@H](C)CN(CCCOc1cccc(CC(=O)O)c1)Cc1ccc(SC)cc1. The van der Waals surface area contributed by atoms with Crippen molar-refractivity contribution >= 4 is 17.7 Å². The highest BCUT2D eigenvalue weighted by atomic mass is 32.2. The Kier molecular flexibility index (Phi) is 12.3. The number of ether oxygens (including phenoxy) is 1. The molecule has 0 heterocycles. The fourth-order valence-corrected chi connectivity index (χ4v) is 3.99. The maximum Gasteiger partial charge on any atom is 0.307 e. The Morgan fingerprint density at radius 1 is 1.18 bits per heavy atom. The van der Waals surface area contributed by atoms with E-state index in [1.54, 1.807) is 11.8 Å². The Hall–Kier alpha value is -2.76. The maximum absolute atomic E-state index is 10.9. The first-order valence-electron chi connectivity index (χ1n) is 11.7. The van der Waals surface area contributed by atoms with Crippen LogP contribution in [-0.4, -0.2) is 41.9 Å². The molecule has 1 N–H and O–H groups in total. The van der Waals surface area contributed by atoms with Gasteiger partial charge in [-0.1, -0.05) is 67.6 Å². The van der Waals surface area contributed by atoms with Crippen LogP contribution in [0.3, 0.4) is 0 Å². The van der Waals surface area contributed by atoms with Crippen LogP contribution in [0.25, 0.3) is 0 Å². The topological polar surface area (TPSA) is 49.8 Å². The molecule has 2 rings (SSSR count). The first kappa shape index (κ1) is 27.5. The largest absolute Gasteiger partial charge is 0.494 e. The van der Waals surface area contributed by atoms with E-state index < -0.39 is 5.97 Å².